The van der Waals surface area contributed by atoms with Gasteiger partial charge in [-0.1, -0.05) is 35.3 Å². The van der Waals surface area contributed by atoms with Gasteiger partial charge in [-0.25, -0.2) is 15.0 Å². The van der Waals surface area contributed by atoms with Crippen LogP contribution >= 0.6 is 34.5 Å². The SMILES string of the molecule is Nc1ncc(-c2ccc(N3CCCC3)nc2)cc1-c1ncsc1-c1cccc(Cl)c1Cl. The summed E-state index contributed by atoms with van der Waals surface area (Å²) in [7, 11) is 0. The fourth-order valence-corrected chi connectivity index (χ4v) is 5.11. The number of nitrogen functional groups attached to an aromatic ring is 1. The highest BCUT2D eigenvalue weighted by Crippen LogP contribution is 2.42. The van der Waals surface area contributed by atoms with Crippen molar-refractivity contribution in [2.24, 2.45) is 0 Å². The topological polar surface area (TPSA) is 67.9 Å². The summed E-state index contributed by atoms with van der Waals surface area (Å²) < 4.78 is 0. The summed E-state index contributed by atoms with van der Waals surface area (Å²) in [5.41, 5.74) is 12.3. The van der Waals surface area contributed by atoms with E-state index >= 15 is 0 Å². The van der Waals surface area contributed by atoms with Crippen LogP contribution in [0.15, 0.2) is 54.3 Å². The molecular weight excluding hydrogens is 449 g/mol. The van der Waals surface area contributed by atoms with E-state index in [1.54, 1.807) is 17.8 Å². The van der Waals surface area contributed by atoms with Gasteiger partial charge in [0.2, 0.25) is 0 Å². The lowest BCUT2D eigenvalue weighted by Crippen LogP contribution is -2.18. The summed E-state index contributed by atoms with van der Waals surface area (Å²) >= 11 is 14.2. The number of aromatic nitrogens is 3. The molecule has 1 aliphatic heterocycles. The summed E-state index contributed by atoms with van der Waals surface area (Å²) in [4.78, 5) is 16.9. The van der Waals surface area contributed by atoms with Crippen molar-refractivity contribution in [3.8, 4) is 32.8 Å². The number of nitrogens with zero attached hydrogens (tertiary/aromatic N) is 4. The van der Waals surface area contributed by atoms with Crippen molar-refractivity contribution in [2.75, 3.05) is 23.7 Å². The Bertz CT molecular complexity index is 1230. The monoisotopic (exact) mass is 467 g/mol. The molecule has 0 spiro atoms. The second kappa shape index (κ2) is 8.46. The first-order chi connectivity index (χ1) is 15.1. The normalized spacial score (nSPS) is 13.7. The Morgan fingerprint density at radius 2 is 1.71 bits per heavy atom. The number of hydrogen-bond acceptors (Lipinski definition) is 6. The zero-order valence-corrected chi connectivity index (χ0v) is 18.9. The lowest BCUT2D eigenvalue weighted by Gasteiger charge is -2.16. The Morgan fingerprint density at radius 1 is 0.903 bits per heavy atom. The molecule has 1 aliphatic rings. The third-order valence-corrected chi connectivity index (χ3v) is 7.13. The second-order valence-corrected chi connectivity index (χ2v) is 9.03. The van der Waals surface area contributed by atoms with E-state index in [1.807, 2.05) is 24.4 Å². The number of nitrogens with two attached hydrogens (primary N) is 1. The van der Waals surface area contributed by atoms with E-state index in [9.17, 15) is 0 Å². The molecule has 1 fully saturated rings. The molecular formula is C23H19Cl2N5S. The van der Waals surface area contributed by atoms with Gasteiger partial charge in [0.15, 0.2) is 0 Å². The van der Waals surface area contributed by atoms with Gasteiger partial charge in [-0.15, -0.1) is 11.3 Å². The van der Waals surface area contributed by atoms with Crippen molar-refractivity contribution < 1.29 is 0 Å². The molecule has 0 amide bonds. The first-order valence-corrected chi connectivity index (χ1v) is 11.6. The molecule has 5 nitrogen and oxygen atoms in total. The lowest BCUT2D eigenvalue weighted by atomic mass is 10.0. The molecule has 0 unspecified atom stereocenters. The molecule has 4 aromatic rings. The van der Waals surface area contributed by atoms with Crippen molar-refractivity contribution in [2.45, 2.75) is 12.8 Å². The highest BCUT2D eigenvalue weighted by molar-refractivity contribution is 7.13. The number of rotatable bonds is 4. The van der Waals surface area contributed by atoms with Crippen LogP contribution in [0.4, 0.5) is 11.6 Å². The molecule has 5 rings (SSSR count). The van der Waals surface area contributed by atoms with Gasteiger partial charge in [-0.05, 0) is 37.1 Å². The smallest absolute Gasteiger partial charge is 0.132 e. The Labute approximate surface area is 194 Å². The molecule has 0 radical (unpaired) electrons. The minimum atomic E-state index is 0.413. The van der Waals surface area contributed by atoms with Crippen LogP contribution in [0.3, 0.4) is 0 Å². The number of hydrogen-bond donors (Lipinski definition) is 1. The van der Waals surface area contributed by atoms with Gasteiger partial charge in [-0.3, -0.25) is 0 Å². The van der Waals surface area contributed by atoms with Crippen LogP contribution in [0.2, 0.25) is 10.0 Å². The van der Waals surface area contributed by atoms with Crippen molar-refractivity contribution in [3.63, 3.8) is 0 Å². The van der Waals surface area contributed by atoms with Gasteiger partial charge in [0.25, 0.3) is 0 Å². The van der Waals surface area contributed by atoms with E-state index in [0.717, 1.165) is 51.7 Å². The van der Waals surface area contributed by atoms with Gasteiger partial charge in [0.1, 0.15) is 11.6 Å². The van der Waals surface area contributed by atoms with E-state index in [2.05, 4.69) is 32.0 Å². The Morgan fingerprint density at radius 3 is 2.48 bits per heavy atom. The third kappa shape index (κ3) is 3.87. The first kappa shape index (κ1) is 20.2. The molecule has 3 aromatic heterocycles. The van der Waals surface area contributed by atoms with E-state index in [-0.39, 0.29) is 0 Å². The van der Waals surface area contributed by atoms with Gasteiger partial charge in [0.05, 0.1) is 26.1 Å². The minimum Gasteiger partial charge on any atom is -0.383 e. The van der Waals surface area contributed by atoms with Crippen LogP contribution in [-0.2, 0) is 0 Å². The van der Waals surface area contributed by atoms with Crippen LogP contribution in [-0.4, -0.2) is 28.0 Å². The summed E-state index contributed by atoms with van der Waals surface area (Å²) in [5, 5.41) is 1.00. The molecule has 156 valence electrons. The maximum absolute atomic E-state index is 6.47. The molecule has 0 saturated carbocycles. The summed E-state index contributed by atoms with van der Waals surface area (Å²) in [6.45, 7) is 2.14. The Kier molecular flexibility index (Phi) is 5.52. The fraction of sp³-hybridized carbons (Fsp3) is 0.174. The van der Waals surface area contributed by atoms with Gasteiger partial charge in [-0.2, -0.15) is 0 Å². The van der Waals surface area contributed by atoms with Gasteiger partial charge in [0, 0.05) is 47.7 Å². The molecule has 8 heteroatoms. The summed E-state index contributed by atoms with van der Waals surface area (Å²) in [6.07, 6.45) is 6.10. The minimum absolute atomic E-state index is 0.413. The largest absolute Gasteiger partial charge is 0.383 e. The van der Waals surface area contributed by atoms with Gasteiger partial charge >= 0.3 is 0 Å². The Hall–Kier alpha value is -2.67. The average molecular weight is 468 g/mol. The molecule has 0 aliphatic carbocycles. The van der Waals surface area contributed by atoms with Crippen LogP contribution in [0, 0.1) is 0 Å². The number of anilines is 2. The predicted molar refractivity (Wildman–Crippen MR) is 130 cm³/mol. The fourth-order valence-electron chi connectivity index (χ4n) is 3.82. The van der Waals surface area contributed by atoms with E-state index < -0.39 is 0 Å². The molecule has 4 heterocycles. The highest BCUT2D eigenvalue weighted by Gasteiger charge is 2.19. The third-order valence-electron chi connectivity index (χ3n) is 5.45. The van der Waals surface area contributed by atoms with Crippen molar-refractivity contribution in [1.29, 1.82) is 0 Å². The van der Waals surface area contributed by atoms with E-state index in [1.165, 1.54) is 24.2 Å². The van der Waals surface area contributed by atoms with Crippen molar-refractivity contribution in [1.82, 2.24) is 15.0 Å². The van der Waals surface area contributed by atoms with Crippen LogP contribution in [0.5, 0.6) is 0 Å². The lowest BCUT2D eigenvalue weighted by molar-refractivity contribution is 0.938. The molecule has 0 bridgehead atoms. The first-order valence-electron chi connectivity index (χ1n) is 9.97. The number of thiazole rings is 1. The number of benzene rings is 1. The average Bonchev–Trinajstić information content (AvgIpc) is 3.49. The van der Waals surface area contributed by atoms with Crippen LogP contribution in [0.25, 0.3) is 32.8 Å². The summed E-state index contributed by atoms with van der Waals surface area (Å²) in [5.74, 6) is 1.43. The second-order valence-electron chi connectivity index (χ2n) is 7.39. The maximum atomic E-state index is 6.47. The molecule has 1 aromatic carbocycles. The molecule has 1 saturated heterocycles. The number of pyridine rings is 2. The number of halogens is 2. The van der Waals surface area contributed by atoms with E-state index in [4.69, 9.17) is 28.9 Å². The predicted octanol–water partition coefficient (Wildman–Crippen LogP) is 6.42. The van der Waals surface area contributed by atoms with Gasteiger partial charge < -0.3 is 10.6 Å². The van der Waals surface area contributed by atoms with Crippen molar-refractivity contribution in [3.05, 3.63) is 64.3 Å². The summed E-state index contributed by atoms with van der Waals surface area (Å²) in [6, 6.07) is 11.7. The Balaban J connectivity index is 1.53. The van der Waals surface area contributed by atoms with Crippen LogP contribution in [0.1, 0.15) is 12.8 Å². The molecule has 0 atom stereocenters. The zero-order valence-electron chi connectivity index (χ0n) is 16.6. The van der Waals surface area contributed by atoms with E-state index in [0.29, 0.717) is 15.9 Å². The zero-order chi connectivity index (χ0) is 21.4. The standard InChI is InChI=1S/C23H19Cl2N5S/c24-18-5-3-4-16(20(18)25)22-21(29-13-31-22)17-10-15(12-28-23(17)26)14-6-7-19(27-11-14)30-8-1-2-9-30/h3-7,10-13H,1-2,8-9H2,(H2,26,28). The quantitative estimate of drug-likeness (QED) is 0.374. The molecule has 31 heavy (non-hydrogen) atoms. The van der Waals surface area contributed by atoms with Crippen molar-refractivity contribution >= 4 is 46.2 Å². The maximum Gasteiger partial charge on any atom is 0.132 e. The van der Waals surface area contributed by atoms with Crippen LogP contribution < -0.4 is 10.6 Å². The highest BCUT2D eigenvalue weighted by atomic mass is 35.5. The molecule has 2 N–H and O–H groups in total.